The monoisotopic (exact) mass is 323 g/mol. The number of anilines is 1. The Kier molecular flexibility index (Phi) is 3.89. The van der Waals surface area contributed by atoms with E-state index in [0.717, 1.165) is 28.7 Å². The molecule has 0 aliphatic carbocycles. The maximum absolute atomic E-state index is 5.86. The number of rotatable bonds is 4. The quantitative estimate of drug-likeness (QED) is 0.877. The van der Waals surface area contributed by atoms with Crippen LogP contribution in [0.15, 0.2) is 22.7 Å². The van der Waals surface area contributed by atoms with E-state index in [1.54, 1.807) is 0 Å². The van der Waals surface area contributed by atoms with E-state index in [1.165, 1.54) is 0 Å². The third kappa shape index (κ3) is 2.49. The van der Waals surface area contributed by atoms with Crippen molar-refractivity contribution < 1.29 is 0 Å². The van der Waals surface area contributed by atoms with E-state index in [0.29, 0.717) is 5.69 Å². The van der Waals surface area contributed by atoms with Crippen molar-refractivity contribution in [3.8, 4) is 11.4 Å². The van der Waals surface area contributed by atoms with Gasteiger partial charge in [0.15, 0.2) is 5.82 Å². The molecule has 0 saturated heterocycles. The van der Waals surface area contributed by atoms with E-state index in [2.05, 4.69) is 52.2 Å². The Bertz CT molecular complexity index is 574. The van der Waals surface area contributed by atoms with Gasteiger partial charge in [0.05, 0.1) is 5.54 Å². The summed E-state index contributed by atoms with van der Waals surface area (Å²) in [5.74, 6) is 0.741. The summed E-state index contributed by atoms with van der Waals surface area (Å²) in [6.45, 7) is 6.44. The number of nitrogen functional groups attached to an aromatic ring is 1. The van der Waals surface area contributed by atoms with Crippen LogP contribution < -0.4 is 5.73 Å². The van der Waals surface area contributed by atoms with Crippen LogP contribution in [0.3, 0.4) is 0 Å². The number of nitrogens with two attached hydrogens (primary N) is 1. The Hall–Kier alpha value is -1.43. The molecule has 0 fully saturated rings. The maximum Gasteiger partial charge on any atom is 0.183 e. The van der Waals surface area contributed by atoms with E-state index in [9.17, 15) is 0 Å². The standard InChI is InChI=1S/C13H18BrN5/c1-4-13(3,5-2)19-12(16-17-18-19)10-8-9(15)6-7-11(10)14/h6-8H,4-5,15H2,1-3H3. The average Bonchev–Trinajstić information content (AvgIpc) is 2.90. The number of aromatic nitrogens is 4. The summed E-state index contributed by atoms with van der Waals surface area (Å²) in [4.78, 5) is 0. The number of halogens is 1. The van der Waals surface area contributed by atoms with Gasteiger partial charge < -0.3 is 5.73 Å². The van der Waals surface area contributed by atoms with Gasteiger partial charge in [-0.1, -0.05) is 29.8 Å². The second kappa shape index (κ2) is 5.28. The van der Waals surface area contributed by atoms with E-state index in [-0.39, 0.29) is 5.54 Å². The first-order valence-corrected chi connectivity index (χ1v) is 7.15. The van der Waals surface area contributed by atoms with E-state index in [1.807, 2.05) is 22.9 Å². The van der Waals surface area contributed by atoms with Gasteiger partial charge in [-0.2, -0.15) is 0 Å². The van der Waals surface area contributed by atoms with Gasteiger partial charge >= 0.3 is 0 Å². The second-order valence-corrected chi connectivity index (χ2v) is 5.71. The zero-order valence-corrected chi connectivity index (χ0v) is 13.0. The zero-order chi connectivity index (χ0) is 14.0. The van der Waals surface area contributed by atoms with Crippen LogP contribution in [0.25, 0.3) is 11.4 Å². The SMILES string of the molecule is CCC(C)(CC)n1nnnc1-c1cc(N)ccc1Br. The first-order valence-electron chi connectivity index (χ1n) is 6.36. The summed E-state index contributed by atoms with van der Waals surface area (Å²) in [5.41, 5.74) is 7.38. The van der Waals surface area contributed by atoms with Crippen molar-refractivity contribution in [2.24, 2.45) is 0 Å². The number of nitrogens with zero attached hydrogens (tertiary/aromatic N) is 4. The summed E-state index contributed by atoms with van der Waals surface area (Å²) in [7, 11) is 0. The van der Waals surface area contributed by atoms with Crippen LogP contribution in [0.1, 0.15) is 33.6 Å². The molecule has 0 saturated carbocycles. The lowest BCUT2D eigenvalue weighted by atomic mass is 9.95. The van der Waals surface area contributed by atoms with Crippen LogP contribution in [0.4, 0.5) is 5.69 Å². The van der Waals surface area contributed by atoms with Crippen molar-refractivity contribution in [2.75, 3.05) is 5.73 Å². The Morgan fingerprint density at radius 2 is 2.00 bits per heavy atom. The lowest BCUT2D eigenvalue weighted by Crippen LogP contribution is -2.30. The minimum atomic E-state index is -0.0944. The molecule has 0 atom stereocenters. The molecule has 0 bridgehead atoms. The smallest absolute Gasteiger partial charge is 0.183 e. The second-order valence-electron chi connectivity index (χ2n) is 4.86. The van der Waals surface area contributed by atoms with Crippen molar-refractivity contribution in [3.05, 3.63) is 22.7 Å². The van der Waals surface area contributed by atoms with Gasteiger partial charge in [0.2, 0.25) is 0 Å². The Morgan fingerprint density at radius 3 is 2.63 bits per heavy atom. The lowest BCUT2D eigenvalue weighted by Gasteiger charge is -2.27. The molecule has 0 radical (unpaired) electrons. The van der Waals surface area contributed by atoms with E-state index < -0.39 is 0 Å². The van der Waals surface area contributed by atoms with Gasteiger partial charge in [0, 0.05) is 15.7 Å². The summed E-state index contributed by atoms with van der Waals surface area (Å²) in [5, 5.41) is 12.2. The predicted molar refractivity (Wildman–Crippen MR) is 79.6 cm³/mol. The molecule has 0 amide bonds. The minimum absolute atomic E-state index is 0.0944. The number of tetrazole rings is 1. The molecule has 6 heteroatoms. The molecular weight excluding hydrogens is 306 g/mol. The van der Waals surface area contributed by atoms with Crippen LogP contribution in [-0.4, -0.2) is 20.2 Å². The zero-order valence-electron chi connectivity index (χ0n) is 11.4. The van der Waals surface area contributed by atoms with Gasteiger partial charge in [0.1, 0.15) is 0 Å². The molecule has 0 spiro atoms. The van der Waals surface area contributed by atoms with Gasteiger partial charge in [-0.3, -0.25) is 0 Å². The van der Waals surface area contributed by atoms with Crippen LogP contribution in [0, 0.1) is 0 Å². The highest BCUT2D eigenvalue weighted by Gasteiger charge is 2.28. The molecule has 1 aromatic heterocycles. The molecule has 0 unspecified atom stereocenters. The average molecular weight is 324 g/mol. The first kappa shape index (κ1) is 14.0. The van der Waals surface area contributed by atoms with Gasteiger partial charge in [-0.15, -0.1) is 5.10 Å². The fraction of sp³-hybridized carbons (Fsp3) is 0.462. The molecule has 5 nitrogen and oxygen atoms in total. The van der Waals surface area contributed by atoms with Crippen molar-refractivity contribution in [1.82, 2.24) is 20.2 Å². The topological polar surface area (TPSA) is 69.6 Å². The summed E-state index contributed by atoms with van der Waals surface area (Å²) >= 11 is 3.53. The van der Waals surface area contributed by atoms with Crippen molar-refractivity contribution in [3.63, 3.8) is 0 Å². The Labute approximate surface area is 121 Å². The van der Waals surface area contributed by atoms with E-state index in [4.69, 9.17) is 5.73 Å². The Balaban J connectivity index is 2.59. The molecule has 0 aliphatic heterocycles. The largest absolute Gasteiger partial charge is 0.399 e. The van der Waals surface area contributed by atoms with Crippen molar-refractivity contribution in [2.45, 2.75) is 39.2 Å². The highest BCUT2D eigenvalue weighted by Crippen LogP contribution is 2.33. The molecule has 2 aromatic rings. The van der Waals surface area contributed by atoms with Gasteiger partial charge in [-0.25, -0.2) is 4.68 Å². The van der Waals surface area contributed by atoms with Crippen LogP contribution in [0.5, 0.6) is 0 Å². The summed E-state index contributed by atoms with van der Waals surface area (Å²) in [6.07, 6.45) is 1.92. The number of hydrogen-bond donors (Lipinski definition) is 1. The fourth-order valence-electron chi connectivity index (χ4n) is 1.98. The molecule has 2 rings (SSSR count). The number of hydrogen-bond acceptors (Lipinski definition) is 4. The normalized spacial score (nSPS) is 11.8. The van der Waals surface area contributed by atoms with Crippen LogP contribution in [0.2, 0.25) is 0 Å². The molecule has 102 valence electrons. The van der Waals surface area contributed by atoms with E-state index >= 15 is 0 Å². The van der Waals surface area contributed by atoms with Crippen molar-refractivity contribution >= 4 is 21.6 Å². The maximum atomic E-state index is 5.86. The molecule has 0 aliphatic rings. The van der Waals surface area contributed by atoms with Crippen molar-refractivity contribution in [1.29, 1.82) is 0 Å². The summed E-state index contributed by atoms with van der Waals surface area (Å²) < 4.78 is 2.83. The molecule has 1 heterocycles. The third-order valence-electron chi connectivity index (χ3n) is 3.74. The molecule has 19 heavy (non-hydrogen) atoms. The predicted octanol–water partition coefficient (Wildman–Crippen LogP) is 3.22. The molecule has 2 N–H and O–H groups in total. The Morgan fingerprint density at radius 1 is 1.32 bits per heavy atom. The lowest BCUT2D eigenvalue weighted by molar-refractivity contribution is 0.262. The minimum Gasteiger partial charge on any atom is -0.399 e. The van der Waals surface area contributed by atoms with Gasteiger partial charge in [-0.05, 0) is 48.4 Å². The first-order chi connectivity index (χ1) is 9.01. The third-order valence-corrected chi connectivity index (χ3v) is 4.43. The number of benzene rings is 1. The fourth-order valence-corrected chi connectivity index (χ4v) is 2.41. The highest BCUT2D eigenvalue weighted by molar-refractivity contribution is 9.10. The summed E-state index contributed by atoms with van der Waals surface area (Å²) in [6, 6.07) is 5.65. The molecular formula is C13H18BrN5. The molecule has 1 aromatic carbocycles. The van der Waals surface area contributed by atoms with Crippen LogP contribution >= 0.6 is 15.9 Å². The van der Waals surface area contributed by atoms with Crippen LogP contribution in [-0.2, 0) is 5.54 Å². The highest BCUT2D eigenvalue weighted by atomic mass is 79.9. The van der Waals surface area contributed by atoms with Gasteiger partial charge in [0.25, 0.3) is 0 Å².